The lowest BCUT2D eigenvalue weighted by Gasteiger charge is -2.18. The molecule has 1 aromatic rings. The summed E-state index contributed by atoms with van der Waals surface area (Å²) < 4.78 is 29.9. The van der Waals surface area contributed by atoms with Crippen LogP contribution in [0.1, 0.15) is 32.6 Å². The van der Waals surface area contributed by atoms with Crippen LogP contribution in [-0.4, -0.2) is 51.3 Å². The van der Waals surface area contributed by atoms with E-state index in [1.807, 2.05) is 11.8 Å². The molecule has 1 fully saturated rings. The van der Waals surface area contributed by atoms with Gasteiger partial charge in [-0.25, -0.2) is 8.42 Å². The van der Waals surface area contributed by atoms with Gasteiger partial charge in [-0.05, 0) is 44.0 Å². The van der Waals surface area contributed by atoms with E-state index in [2.05, 4.69) is 5.32 Å². The van der Waals surface area contributed by atoms with Gasteiger partial charge < -0.3 is 10.1 Å². The monoisotopic (exact) mass is 400 g/mol. The molecule has 0 spiro atoms. The van der Waals surface area contributed by atoms with Crippen LogP contribution in [0.4, 0.5) is 5.69 Å². The van der Waals surface area contributed by atoms with Crippen LogP contribution in [-0.2, 0) is 14.8 Å². The van der Waals surface area contributed by atoms with Crippen molar-refractivity contribution in [2.75, 3.05) is 29.9 Å². The van der Waals surface area contributed by atoms with Gasteiger partial charge in [0.05, 0.1) is 11.9 Å². The van der Waals surface area contributed by atoms with Gasteiger partial charge in [0.2, 0.25) is 10.0 Å². The van der Waals surface area contributed by atoms with Gasteiger partial charge in [-0.15, -0.1) is 0 Å². The molecule has 8 heteroatoms. The third-order valence-electron chi connectivity index (χ3n) is 4.44. The van der Waals surface area contributed by atoms with E-state index >= 15 is 0 Å². The van der Waals surface area contributed by atoms with Gasteiger partial charge >= 0.3 is 0 Å². The van der Waals surface area contributed by atoms with Crippen molar-refractivity contribution in [2.24, 2.45) is 0 Å². The maximum absolute atomic E-state index is 12.1. The number of nitrogens with zero attached hydrogens (tertiary/aromatic N) is 1. The molecule has 2 rings (SSSR count). The van der Waals surface area contributed by atoms with Crippen LogP contribution in [0.25, 0.3) is 0 Å². The lowest BCUT2D eigenvalue weighted by Crippen LogP contribution is -2.37. The smallest absolute Gasteiger partial charge is 0.260 e. The van der Waals surface area contributed by atoms with Crippen molar-refractivity contribution in [2.45, 2.75) is 44.0 Å². The van der Waals surface area contributed by atoms with Gasteiger partial charge in [-0.2, -0.15) is 11.8 Å². The topological polar surface area (TPSA) is 75.7 Å². The molecule has 0 bridgehead atoms. The molecule has 146 valence electrons. The number of amides is 1. The summed E-state index contributed by atoms with van der Waals surface area (Å²) >= 11 is 1.94. The Hall–Kier alpha value is -1.41. The number of anilines is 1. The normalized spacial score (nSPS) is 16.3. The first kappa shape index (κ1) is 20.9. The second-order valence-electron chi connectivity index (χ2n) is 6.55. The second-order valence-corrected chi connectivity index (χ2v) is 9.97. The molecule has 1 aliphatic carbocycles. The predicted octanol–water partition coefficient (Wildman–Crippen LogP) is 2.64. The maximum atomic E-state index is 12.1. The second kappa shape index (κ2) is 9.50. The Kier molecular flexibility index (Phi) is 7.64. The molecule has 1 amide bonds. The summed E-state index contributed by atoms with van der Waals surface area (Å²) in [7, 11) is -1.81. The average Bonchev–Trinajstić information content (AvgIpc) is 3.11. The Labute approximate surface area is 160 Å². The molecule has 26 heavy (non-hydrogen) atoms. The van der Waals surface area contributed by atoms with Crippen LogP contribution < -0.4 is 14.4 Å². The Morgan fingerprint density at radius 1 is 1.31 bits per heavy atom. The minimum Gasteiger partial charge on any atom is -0.481 e. The van der Waals surface area contributed by atoms with Crippen LogP contribution in [0.3, 0.4) is 0 Å². The van der Waals surface area contributed by atoms with Gasteiger partial charge in [0.1, 0.15) is 5.75 Å². The average molecular weight is 401 g/mol. The van der Waals surface area contributed by atoms with Crippen molar-refractivity contribution >= 4 is 33.4 Å². The largest absolute Gasteiger partial charge is 0.481 e. The maximum Gasteiger partial charge on any atom is 0.260 e. The molecule has 6 nitrogen and oxygen atoms in total. The van der Waals surface area contributed by atoms with Gasteiger partial charge in [-0.3, -0.25) is 9.10 Å². The quantitative estimate of drug-likeness (QED) is 0.645. The number of carbonyl (C=O) groups is 1. The highest BCUT2D eigenvalue weighted by atomic mass is 32.2. The number of sulfonamides is 1. The summed E-state index contributed by atoms with van der Waals surface area (Å²) in [4.78, 5) is 12.1. The summed E-state index contributed by atoms with van der Waals surface area (Å²) in [6.45, 7) is 2.35. The number of carbonyl (C=O) groups excluding carboxylic acids is 1. The van der Waals surface area contributed by atoms with Crippen LogP contribution in [0.2, 0.25) is 0 Å². The van der Waals surface area contributed by atoms with Gasteiger partial charge in [-0.1, -0.05) is 12.8 Å². The predicted molar refractivity (Wildman–Crippen MR) is 108 cm³/mol. The number of benzene rings is 1. The molecule has 1 aromatic carbocycles. The van der Waals surface area contributed by atoms with Crippen molar-refractivity contribution in [3.8, 4) is 5.75 Å². The first-order chi connectivity index (χ1) is 12.3. The molecular weight excluding hydrogens is 372 g/mol. The lowest BCUT2D eigenvalue weighted by atomic mass is 10.3. The van der Waals surface area contributed by atoms with E-state index in [1.165, 1.54) is 37.0 Å². The number of nitrogens with one attached hydrogen (secondary N) is 1. The van der Waals surface area contributed by atoms with Crippen LogP contribution in [0.15, 0.2) is 24.3 Å². The van der Waals surface area contributed by atoms with Crippen molar-refractivity contribution in [1.29, 1.82) is 0 Å². The highest BCUT2D eigenvalue weighted by molar-refractivity contribution is 7.99. The third kappa shape index (κ3) is 6.39. The molecular formula is C18H28N2O4S2. The Morgan fingerprint density at radius 3 is 2.50 bits per heavy atom. The highest BCUT2D eigenvalue weighted by Gasteiger charge is 2.17. The summed E-state index contributed by atoms with van der Waals surface area (Å²) in [5, 5.41) is 3.66. The number of ether oxygens (including phenoxy) is 1. The third-order valence-corrected chi connectivity index (χ3v) is 7.03. The minimum absolute atomic E-state index is 0.144. The van der Waals surface area contributed by atoms with E-state index < -0.39 is 16.1 Å². The molecule has 1 saturated carbocycles. The molecule has 1 atom stereocenters. The number of hydrogen-bond acceptors (Lipinski definition) is 5. The fourth-order valence-electron chi connectivity index (χ4n) is 2.78. The summed E-state index contributed by atoms with van der Waals surface area (Å²) in [6, 6.07) is 6.63. The molecule has 1 unspecified atom stereocenters. The molecule has 1 N–H and O–H groups in total. The van der Waals surface area contributed by atoms with Crippen molar-refractivity contribution in [3.05, 3.63) is 24.3 Å². The van der Waals surface area contributed by atoms with E-state index in [0.29, 0.717) is 18.0 Å². The van der Waals surface area contributed by atoms with Crippen LogP contribution >= 0.6 is 11.8 Å². The highest BCUT2D eigenvalue weighted by Crippen LogP contribution is 2.28. The fraction of sp³-hybridized carbons (Fsp3) is 0.611. The van der Waals surface area contributed by atoms with E-state index in [1.54, 1.807) is 31.2 Å². The molecule has 0 heterocycles. The number of thioether (sulfide) groups is 1. The molecule has 0 saturated heterocycles. The Balaban J connectivity index is 1.75. The van der Waals surface area contributed by atoms with E-state index in [-0.39, 0.29) is 5.91 Å². The van der Waals surface area contributed by atoms with Crippen molar-refractivity contribution < 1.29 is 17.9 Å². The first-order valence-electron chi connectivity index (χ1n) is 8.87. The number of hydrogen-bond donors (Lipinski definition) is 1. The zero-order chi connectivity index (χ0) is 19.2. The van der Waals surface area contributed by atoms with Crippen LogP contribution in [0, 0.1) is 0 Å². The molecule has 0 aromatic heterocycles. The Bertz CT molecular complexity index is 686. The first-order valence-corrected chi connectivity index (χ1v) is 11.8. The fourth-order valence-corrected chi connectivity index (χ4v) is 4.51. The van der Waals surface area contributed by atoms with Crippen LogP contribution in [0.5, 0.6) is 5.75 Å². The standard InChI is InChI=1S/C18H28N2O4S2/c1-14(18(21)19-12-13-25-17-6-4-5-7-17)24-16-10-8-15(9-11-16)20(2)26(3,22)23/h8-11,14,17H,4-7,12-13H2,1-3H3,(H,19,21). The minimum atomic E-state index is -3.30. The lowest BCUT2D eigenvalue weighted by molar-refractivity contribution is -0.127. The van der Waals surface area contributed by atoms with Gasteiger partial charge in [0.25, 0.3) is 5.91 Å². The van der Waals surface area contributed by atoms with Gasteiger partial charge in [0, 0.05) is 24.6 Å². The molecule has 0 radical (unpaired) electrons. The van der Waals surface area contributed by atoms with Crippen molar-refractivity contribution in [1.82, 2.24) is 5.32 Å². The molecule has 0 aliphatic heterocycles. The Morgan fingerprint density at radius 2 is 1.92 bits per heavy atom. The summed E-state index contributed by atoms with van der Waals surface area (Å²) in [5.41, 5.74) is 0.542. The zero-order valence-electron chi connectivity index (χ0n) is 15.6. The van der Waals surface area contributed by atoms with E-state index in [4.69, 9.17) is 4.74 Å². The SMILES string of the molecule is CC(Oc1ccc(N(C)S(C)(=O)=O)cc1)C(=O)NCCSC1CCCC1. The number of rotatable bonds is 9. The summed E-state index contributed by atoms with van der Waals surface area (Å²) in [5.74, 6) is 1.31. The zero-order valence-corrected chi connectivity index (χ0v) is 17.2. The molecule has 1 aliphatic rings. The van der Waals surface area contributed by atoms with E-state index in [0.717, 1.165) is 17.3 Å². The summed E-state index contributed by atoms with van der Waals surface area (Å²) in [6.07, 6.45) is 5.78. The van der Waals surface area contributed by atoms with Gasteiger partial charge in [0.15, 0.2) is 6.10 Å². The van der Waals surface area contributed by atoms with Crippen molar-refractivity contribution in [3.63, 3.8) is 0 Å². The van der Waals surface area contributed by atoms with E-state index in [9.17, 15) is 13.2 Å².